The van der Waals surface area contributed by atoms with E-state index in [2.05, 4.69) is 48.7 Å². The van der Waals surface area contributed by atoms with Crippen LogP contribution in [0.25, 0.3) is 0 Å². The molecule has 0 aliphatic rings. The van der Waals surface area contributed by atoms with Gasteiger partial charge in [-0.2, -0.15) is 0 Å². The molecule has 2 aromatic carbocycles. The molecule has 0 aliphatic carbocycles. The highest BCUT2D eigenvalue weighted by molar-refractivity contribution is 5.96. The summed E-state index contributed by atoms with van der Waals surface area (Å²) in [6.07, 6.45) is 0. The minimum atomic E-state index is -0.0561. The van der Waals surface area contributed by atoms with Crippen LogP contribution in [-0.2, 0) is 0 Å². The molecule has 1 unspecified atom stereocenters. The van der Waals surface area contributed by atoms with Gasteiger partial charge in [0.2, 0.25) is 0 Å². The molecule has 0 heterocycles. The van der Waals surface area contributed by atoms with Crippen molar-refractivity contribution in [2.24, 2.45) is 0 Å². The van der Waals surface area contributed by atoms with Gasteiger partial charge in [0.1, 0.15) is 0 Å². The van der Waals surface area contributed by atoms with E-state index in [1.54, 1.807) is 7.05 Å². The number of hydrogen-bond acceptors (Lipinski definition) is 2. The van der Waals surface area contributed by atoms with Gasteiger partial charge in [0.15, 0.2) is 0 Å². The van der Waals surface area contributed by atoms with Crippen molar-refractivity contribution in [2.45, 2.75) is 26.8 Å². The lowest BCUT2D eigenvalue weighted by molar-refractivity contribution is 0.0962. The molecule has 0 saturated carbocycles. The molecule has 0 radical (unpaired) electrons. The van der Waals surface area contributed by atoms with Crippen LogP contribution < -0.4 is 10.6 Å². The maximum Gasteiger partial charge on any atom is 0.251 e. The van der Waals surface area contributed by atoms with Crippen LogP contribution in [-0.4, -0.2) is 13.0 Å². The summed E-state index contributed by atoms with van der Waals surface area (Å²) < 4.78 is 0. The summed E-state index contributed by atoms with van der Waals surface area (Å²) >= 11 is 0. The fourth-order valence-electron chi connectivity index (χ4n) is 2.43. The van der Waals surface area contributed by atoms with Crippen LogP contribution in [0.15, 0.2) is 42.5 Å². The van der Waals surface area contributed by atoms with Crippen molar-refractivity contribution in [1.82, 2.24) is 5.32 Å². The first-order valence-corrected chi connectivity index (χ1v) is 7.17. The number of aryl methyl sites for hydroxylation is 1. The van der Waals surface area contributed by atoms with Crippen LogP contribution in [0.4, 0.5) is 5.69 Å². The predicted molar refractivity (Wildman–Crippen MR) is 87.8 cm³/mol. The molecule has 21 heavy (non-hydrogen) atoms. The summed E-state index contributed by atoms with van der Waals surface area (Å²) in [6, 6.07) is 14.4. The largest absolute Gasteiger partial charge is 0.378 e. The molecular formula is C18H22N2O. The van der Waals surface area contributed by atoms with Crippen LogP contribution >= 0.6 is 0 Å². The van der Waals surface area contributed by atoms with Gasteiger partial charge in [-0.05, 0) is 44.0 Å². The van der Waals surface area contributed by atoms with Crippen LogP contribution in [0.5, 0.6) is 0 Å². The van der Waals surface area contributed by atoms with E-state index in [0.717, 1.165) is 11.3 Å². The summed E-state index contributed by atoms with van der Waals surface area (Å²) in [6.45, 7) is 6.18. The standard InChI is InChI=1S/C18H22N2O/c1-12-7-5-8-15(11-12)14(3)20-17-10-6-9-16(13(17)2)18(21)19-4/h5-11,14,20H,1-4H3,(H,19,21). The number of benzene rings is 2. The fourth-order valence-corrected chi connectivity index (χ4v) is 2.43. The average molecular weight is 282 g/mol. The normalized spacial score (nSPS) is 11.8. The summed E-state index contributed by atoms with van der Waals surface area (Å²) in [7, 11) is 1.65. The van der Waals surface area contributed by atoms with Crippen LogP contribution in [0.1, 0.15) is 40.0 Å². The highest BCUT2D eigenvalue weighted by atomic mass is 16.1. The monoisotopic (exact) mass is 282 g/mol. The molecule has 0 saturated heterocycles. The molecule has 0 spiro atoms. The number of hydrogen-bond donors (Lipinski definition) is 2. The number of amides is 1. The van der Waals surface area contributed by atoms with Crippen LogP contribution in [0.2, 0.25) is 0 Å². The maximum absolute atomic E-state index is 11.8. The zero-order chi connectivity index (χ0) is 15.4. The van der Waals surface area contributed by atoms with Gasteiger partial charge >= 0.3 is 0 Å². The first-order chi connectivity index (χ1) is 10.0. The van der Waals surface area contributed by atoms with Gasteiger partial charge < -0.3 is 10.6 Å². The Morgan fingerprint density at radius 2 is 1.81 bits per heavy atom. The lowest BCUT2D eigenvalue weighted by Crippen LogP contribution is -2.19. The first kappa shape index (κ1) is 15.1. The number of carbonyl (C=O) groups excluding carboxylic acids is 1. The second kappa shape index (κ2) is 6.44. The Labute approximate surface area is 126 Å². The van der Waals surface area contributed by atoms with Crippen molar-refractivity contribution in [3.8, 4) is 0 Å². The lowest BCUT2D eigenvalue weighted by Gasteiger charge is -2.19. The minimum Gasteiger partial charge on any atom is -0.378 e. The van der Waals surface area contributed by atoms with E-state index in [9.17, 15) is 4.79 Å². The third kappa shape index (κ3) is 3.43. The SMILES string of the molecule is CNC(=O)c1cccc(NC(C)c2cccc(C)c2)c1C. The average Bonchev–Trinajstić information content (AvgIpc) is 2.48. The number of carbonyl (C=O) groups is 1. The van der Waals surface area contributed by atoms with E-state index >= 15 is 0 Å². The van der Waals surface area contributed by atoms with Gasteiger partial charge in [-0.3, -0.25) is 4.79 Å². The topological polar surface area (TPSA) is 41.1 Å². The Kier molecular flexibility index (Phi) is 4.63. The van der Waals surface area contributed by atoms with E-state index in [4.69, 9.17) is 0 Å². The van der Waals surface area contributed by atoms with E-state index in [1.165, 1.54) is 11.1 Å². The Morgan fingerprint density at radius 1 is 1.10 bits per heavy atom. The first-order valence-electron chi connectivity index (χ1n) is 7.17. The molecule has 110 valence electrons. The van der Waals surface area contributed by atoms with Crippen molar-refractivity contribution in [3.63, 3.8) is 0 Å². The molecule has 0 bridgehead atoms. The van der Waals surface area contributed by atoms with Gasteiger partial charge in [-0.1, -0.05) is 35.9 Å². The third-order valence-electron chi connectivity index (χ3n) is 3.72. The number of nitrogens with one attached hydrogen (secondary N) is 2. The molecule has 2 N–H and O–H groups in total. The molecular weight excluding hydrogens is 260 g/mol. The molecule has 2 aromatic rings. The van der Waals surface area contributed by atoms with Crippen molar-refractivity contribution in [2.75, 3.05) is 12.4 Å². The van der Waals surface area contributed by atoms with Crippen LogP contribution in [0.3, 0.4) is 0 Å². The Hall–Kier alpha value is -2.29. The zero-order valence-electron chi connectivity index (χ0n) is 13.0. The molecule has 1 amide bonds. The fraction of sp³-hybridized carbons (Fsp3) is 0.278. The smallest absolute Gasteiger partial charge is 0.251 e. The summed E-state index contributed by atoms with van der Waals surface area (Å²) in [5.74, 6) is -0.0561. The Bertz CT molecular complexity index is 649. The van der Waals surface area contributed by atoms with Gasteiger partial charge in [0, 0.05) is 24.3 Å². The summed E-state index contributed by atoms with van der Waals surface area (Å²) in [5, 5.41) is 6.17. The second-order valence-electron chi connectivity index (χ2n) is 5.34. The minimum absolute atomic E-state index is 0.0561. The van der Waals surface area contributed by atoms with Crippen molar-refractivity contribution in [1.29, 1.82) is 0 Å². The quantitative estimate of drug-likeness (QED) is 0.894. The molecule has 0 aliphatic heterocycles. The summed E-state index contributed by atoms with van der Waals surface area (Å²) in [5.41, 5.74) is 5.15. The van der Waals surface area contributed by atoms with Gasteiger partial charge in [0.25, 0.3) is 5.91 Å². The highest BCUT2D eigenvalue weighted by Crippen LogP contribution is 2.24. The van der Waals surface area contributed by atoms with Crippen LogP contribution in [0, 0.1) is 13.8 Å². The molecule has 0 fully saturated rings. The van der Waals surface area contributed by atoms with E-state index < -0.39 is 0 Å². The van der Waals surface area contributed by atoms with E-state index in [0.29, 0.717) is 5.56 Å². The molecule has 3 heteroatoms. The molecule has 2 rings (SSSR count). The number of anilines is 1. The van der Waals surface area contributed by atoms with Gasteiger partial charge in [-0.25, -0.2) is 0 Å². The lowest BCUT2D eigenvalue weighted by atomic mass is 10.0. The zero-order valence-corrected chi connectivity index (χ0v) is 13.0. The molecule has 1 atom stereocenters. The van der Waals surface area contributed by atoms with Gasteiger partial charge in [-0.15, -0.1) is 0 Å². The van der Waals surface area contributed by atoms with Crippen molar-refractivity contribution >= 4 is 11.6 Å². The van der Waals surface area contributed by atoms with Gasteiger partial charge in [0.05, 0.1) is 0 Å². The highest BCUT2D eigenvalue weighted by Gasteiger charge is 2.12. The Morgan fingerprint density at radius 3 is 2.48 bits per heavy atom. The third-order valence-corrected chi connectivity index (χ3v) is 3.72. The van der Waals surface area contributed by atoms with E-state index in [1.807, 2.05) is 25.1 Å². The Balaban J connectivity index is 2.25. The second-order valence-corrected chi connectivity index (χ2v) is 5.34. The van der Waals surface area contributed by atoms with Crippen molar-refractivity contribution < 1.29 is 4.79 Å². The molecule has 3 nitrogen and oxygen atoms in total. The predicted octanol–water partition coefficient (Wildman–Crippen LogP) is 3.84. The number of rotatable bonds is 4. The van der Waals surface area contributed by atoms with Crippen molar-refractivity contribution in [3.05, 3.63) is 64.7 Å². The van der Waals surface area contributed by atoms with E-state index in [-0.39, 0.29) is 11.9 Å². The maximum atomic E-state index is 11.8. The summed E-state index contributed by atoms with van der Waals surface area (Å²) in [4.78, 5) is 11.8. The molecule has 0 aromatic heterocycles.